The molecule has 0 radical (unpaired) electrons. The van der Waals surface area contributed by atoms with Crippen molar-refractivity contribution in [3.05, 3.63) is 47.1 Å². The molecule has 1 unspecified atom stereocenters. The Morgan fingerprint density at radius 1 is 1.14 bits per heavy atom. The SMILES string of the molecule is Cc1ccc(-c2cn3c(CCN(CC4CCCO4)C(=O)C45CC6CC(CC(C6)C4)C5)csc3n2)cc1. The third kappa shape index (κ3) is 4.10. The van der Waals surface area contributed by atoms with Gasteiger partial charge in [0.25, 0.3) is 0 Å². The van der Waals surface area contributed by atoms with Gasteiger partial charge in [-0.15, -0.1) is 11.3 Å². The van der Waals surface area contributed by atoms with Crippen LogP contribution in [0.4, 0.5) is 0 Å². The largest absolute Gasteiger partial charge is 0.376 e. The minimum atomic E-state index is -0.0923. The summed E-state index contributed by atoms with van der Waals surface area (Å²) in [7, 11) is 0. The number of fused-ring (bicyclic) bond motifs is 1. The van der Waals surface area contributed by atoms with Gasteiger partial charge in [-0.2, -0.15) is 0 Å². The van der Waals surface area contributed by atoms with Crippen molar-refractivity contribution in [1.82, 2.24) is 14.3 Å². The highest BCUT2D eigenvalue weighted by atomic mass is 32.1. The zero-order valence-electron chi connectivity index (χ0n) is 21.3. The fraction of sp³-hybridized carbons (Fsp3) is 0.600. The van der Waals surface area contributed by atoms with Gasteiger partial charge in [0, 0.05) is 49.0 Å². The van der Waals surface area contributed by atoms with Crippen molar-refractivity contribution in [2.24, 2.45) is 23.2 Å². The summed E-state index contributed by atoms with van der Waals surface area (Å²) in [6.07, 6.45) is 12.9. The molecule has 36 heavy (non-hydrogen) atoms. The fourth-order valence-corrected chi connectivity index (χ4v) is 9.05. The van der Waals surface area contributed by atoms with Gasteiger partial charge in [0.2, 0.25) is 5.91 Å². The molecule has 0 N–H and O–H groups in total. The Balaban J connectivity index is 1.12. The van der Waals surface area contributed by atoms with Crippen LogP contribution in [0.5, 0.6) is 0 Å². The average Bonchev–Trinajstić information content (AvgIpc) is 3.59. The first kappa shape index (κ1) is 23.0. The van der Waals surface area contributed by atoms with E-state index in [0.29, 0.717) is 5.91 Å². The summed E-state index contributed by atoms with van der Waals surface area (Å²) >= 11 is 1.70. The molecular formula is C30H37N3O2S. The Morgan fingerprint density at radius 2 is 1.86 bits per heavy atom. The summed E-state index contributed by atoms with van der Waals surface area (Å²) < 4.78 is 8.25. The summed E-state index contributed by atoms with van der Waals surface area (Å²) in [6.45, 7) is 4.48. The summed E-state index contributed by atoms with van der Waals surface area (Å²) in [5.74, 6) is 2.79. The van der Waals surface area contributed by atoms with E-state index >= 15 is 0 Å². The number of carbonyl (C=O) groups is 1. The molecule has 1 atom stereocenters. The maximum absolute atomic E-state index is 14.3. The molecule has 1 saturated heterocycles. The van der Waals surface area contributed by atoms with Crippen LogP contribution in [0.2, 0.25) is 0 Å². The molecule has 190 valence electrons. The lowest BCUT2D eigenvalue weighted by atomic mass is 9.49. The summed E-state index contributed by atoms with van der Waals surface area (Å²) in [5.41, 5.74) is 4.58. The van der Waals surface area contributed by atoms with Crippen molar-refractivity contribution in [1.29, 1.82) is 0 Å². The predicted molar refractivity (Wildman–Crippen MR) is 143 cm³/mol. The van der Waals surface area contributed by atoms with Gasteiger partial charge in [-0.05, 0) is 76.0 Å². The summed E-state index contributed by atoms with van der Waals surface area (Å²) in [6, 6.07) is 8.58. The minimum Gasteiger partial charge on any atom is -0.376 e. The number of amides is 1. The number of aromatic nitrogens is 2. The Kier molecular flexibility index (Phi) is 5.73. The number of carbonyl (C=O) groups excluding carboxylic acids is 1. The molecule has 4 bridgehead atoms. The molecule has 3 heterocycles. The molecule has 5 nitrogen and oxygen atoms in total. The van der Waals surface area contributed by atoms with Crippen molar-refractivity contribution in [3.8, 4) is 11.3 Å². The maximum atomic E-state index is 14.3. The molecule has 3 aromatic rings. The smallest absolute Gasteiger partial charge is 0.228 e. The first-order chi connectivity index (χ1) is 17.5. The van der Waals surface area contributed by atoms with Crippen LogP contribution in [0.15, 0.2) is 35.8 Å². The van der Waals surface area contributed by atoms with Gasteiger partial charge < -0.3 is 9.64 Å². The lowest BCUT2D eigenvalue weighted by Gasteiger charge is -2.56. The number of hydrogen-bond acceptors (Lipinski definition) is 4. The number of nitrogens with zero attached hydrogens (tertiary/aromatic N) is 3. The van der Waals surface area contributed by atoms with E-state index in [0.717, 1.165) is 92.2 Å². The third-order valence-electron chi connectivity index (χ3n) is 9.50. The van der Waals surface area contributed by atoms with Crippen molar-refractivity contribution in [2.75, 3.05) is 19.7 Å². The molecule has 0 spiro atoms. The highest BCUT2D eigenvalue weighted by Gasteiger charge is 2.55. The zero-order valence-corrected chi connectivity index (χ0v) is 22.1. The number of imidazole rings is 1. The van der Waals surface area contributed by atoms with Crippen molar-refractivity contribution >= 4 is 22.2 Å². The molecule has 5 fully saturated rings. The molecular weight excluding hydrogens is 466 g/mol. The van der Waals surface area contributed by atoms with Gasteiger partial charge in [-0.3, -0.25) is 9.20 Å². The van der Waals surface area contributed by atoms with Crippen LogP contribution in [0.1, 0.15) is 62.6 Å². The number of aryl methyl sites for hydroxylation is 1. The Hall–Kier alpha value is -2.18. The van der Waals surface area contributed by atoms with Crippen molar-refractivity contribution in [2.45, 2.75) is 70.8 Å². The van der Waals surface area contributed by atoms with Crippen LogP contribution in [-0.2, 0) is 16.0 Å². The maximum Gasteiger partial charge on any atom is 0.228 e. The quantitative estimate of drug-likeness (QED) is 0.389. The van der Waals surface area contributed by atoms with Crippen LogP contribution in [0, 0.1) is 30.1 Å². The van der Waals surface area contributed by atoms with E-state index in [4.69, 9.17) is 9.72 Å². The summed E-state index contributed by atoms with van der Waals surface area (Å²) in [5, 5.41) is 2.22. The van der Waals surface area contributed by atoms with Crippen LogP contribution < -0.4 is 0 Å². The first-order valence-electron chi connectivity index (χ1n) is 14.0. The highest BCUT2D eigenvalue weighted by molar-refractivity contribution is 7.15. The van der Waals surface area contributed by atoms with E-state index in [1.165, 1.54) is 30.5 Å². The topological polar surface area (TPSA) is 46.8 Å². The van der Waals surface area contributed by atoms with Gasteiger partial charge in [0.05, 0.1) is 17.2 Å². The molecule has 1 aromatic carbocycles. The van der Waals surface area contributed by atoms with Gasteiger partial charge >= 0.3 is 0 Å². The Bertz CT molecular complexity index is 1220. The average molecular weight is 504 g/mol. The minimum absolute atomic E-state index is 0.0923. The molecule has 4 aliphatic carbocycles. The van der Waals surface area contributed by atoms with Crippen LogP contribution in [-0.4, -0.2) is 46.0 Å². The normalized spacial score (nSPS) is 30.9. The molecule has 1 aliphatic heterocycles. The van der Waals surface area contributed by atoms with Gasteiger partial charge in [-0.25, -0.2) is 4.98 Å². The van der Waals surface area contributed by atoms with Crippen LogP contribution in [0.25, 0.3) is 16.2 Å². The third-order valence-corrected chi connectivity index (χ3v) is 10.4. The molecule has 6 heteroatoms. The van der Waals surface area contributed by atoms with Crippen molar-refractivity contribution < 1.29 is 9.53 Å². The number of benzene rings is 1. The fourth-order valence-electron chi connectivity index (χ4n) is 8.14. The lowest BCUT2D eigenvalue weighted by Crippen LogP contribution is -2.55. The second-order valence-corrected chi connectivity index (χ2v) is 13.0. The zero-order chi connectivity index (χ0) is 24.3. The van der Waals surface area contributed by atoms with Crippen LogP contribution >= 0.6 is 11.3 Å². The van der Waals surface area contributed by atoms with E-state index in [9.17, 15) is 4.79 Å². The van der Waals surface area contributed by atoms with E-state index < -0.39 is 0 Å². The molecule has 4 saturated carbocycles. The second kappa shape index (κ2) is 8.98. The number of ether oxygens (including phenoxy) is 1. The predicted octanol–water partition coefficient (Wildman–Crippen LogP) is 6.14. The Morgan fingerprint density at radius 3 is 2.53 bits per heavy atom. The van der Waals surface area contributed by atoms with E-state index in [2.05, 4.69) is 52.1 Å². The van der Waals surface area contributed by atoms with E-state index in [1.807, 2.05) is 0 Å². The molecule has 2 aromatic heterocycles. The number of hydrogen-bond donors (Lipinski definition) is 0. The molecule has 5 aliphatic rings. The standard InChI is InChI=1S/C30H37N3O2S/c1-20-4-6-24(7-5-20)27-18-33-25(19-36-29(33)31-27)8-9-32(17-26-3-2-10-35-26)28(34)30-14-21-11-22(15-30)13-23(12-21)16-30/h4-7,18-19,21-23,26H,2-3,8-17H2,1H3. The first-order valence-corrected chi connectivity index (χ1v) is 14.9. The second-order valence-electron chi connectivity index (χ2n) is 12.2. The Labute approximate surface area is 217 Å². The summed E-state index contributed by atoms with van der Waals surface area (Å²) in [4.78, 5) is 22.4. The van der Waals surface area contributed by atoms with Crippen molar-refractivity contribution in [3.63, 3.8) is 0 Å². The van der Waals surface area contributed by atoms with E-state index in [1.54, 1.807) is 11.3 Å². The van der Waals surface area contributed by atoms with Gasteiger partial charge in [-0.1, -0.05) is 29.8 Å². The van der Waals surface area contributed by atoms with Crippen LogP contribution in [0.3, 0.4) is 0 Å². The van der Waals surface area contributed by atoms with E-state index in [-0.39, 0.29) is 11.5 Å². The monoisotopic (exact) mass is 503 g/mol. The van der Waals surface area contributed by atoms with Gasteiger partial charge in [0.15, 0.2) is 4.96 Å². The number of rotatable bonds is 7. The number of thiazole rings is 1. The highest BCUT2D eigenvalue weighted by Crippen LogP contribution is 2.60. The molecule has 1 amide bonds. The lowest BCUT2D eigenvalue weighted by molar-refractivity contribution is -0.159. The van der Waals surface area contributed by atoms with Gasteiger partial charge in [0.1, 0.15) is 0 Å². The molecule has 8 rings (SSSR count).